The molecular formula is C29H32FNO3. The highest BCUT2D eigenvalue weighted by Gasteiger charge is 2.27. The van der Waals surface area contributed by atoms with Crippen LogP contribution in [0.1, 0.15) is 48.2 Å². The third kappa shape index (κ3) is 6.03. The van der Waals surface area contributed by atoms with Crippen molar-refractivity contribution in [2.45, 2.75) is 45.1 Å². The third-order valence-corrected chi connectivity index (χ3v) is 6.51. The number of carboxylic acid groups (broad SMARTS) is 1. The first kappa shape index (κ1) is 24.0. The molecule has 0 aliphatic heterocycles. The molecule has 1 aliphatic rings. The van der Waals surface area contributed by atoms with Crippen LogP contribution in [0.5, 0.6) is 5.75 Å². The second kappa shape index (κ2) is 10.4. The van der Waals surface area contributed by atoms with Crippen molar-refractivity contribution in [1.82, 2.24) is 5.32 Å². The summed E-state index contributed by atoms with van der Waals surface area (Å²) >= 11 is 0. The maximum atomic E-state index is 14.3. The minimum absolute atomic E-state index is 0.0278. The van der Waals surface area contributed by atoms with E-state index in [1.165, 1.54) is 17.2 Å². The molecule has 4 nitrogen and oxygen atoms in total. The standard InChI is InChI=1S/C29H32FNO3/c1-29(2,19-20-16-23-6-3-4-7-24(23)17-20)31-14-5-15-34-27-18-25(12-13-26(27)30)21-8-10-22(11-9-21)28(32)33/h3-4,6-13,18,20,31H,5,14-17,19H2,1-2H3,(H,32,33). The molecule has 0 heterocycles. The van der Waals surface area contributed by atoms with Crippen LogP contribution in [0.3, 0.4) is 0 Å². The highest BCUT2D eigenvalue weighted by atomic mass is 19.1. The fraction of sp³-hybridized carbons (Fsp3) is 0.345. The van der Waals surface area contributed by atoms with Gasteiger partial charge in [0.2, 0.25) is 0 Å². The molecule has 178 valence electrons. The first-order valence-electron chi connectivity index (χ1n) is 11.9. The largest absolute Gasteiger partial charge is 0.490 e. The van der Waals surface area contributed by atoms with Gasteiger partial charge in [-0.05, 0) is 98.5 Å². The van der Waals surface area contributed by atoms with Crippen LogP contribution < -0.4 is 10.1 Å². The molecule has 3 aromatic rings. The number of ether oxygens (including phenoxy) is 1. The van der Waals surface area contributed by atoms with Crippen molar-refractivity contribution in [3.8, 4) is 16.9 Å². The van der Waals surface area contributed by atoms with Crippen molar-refractivity contribution in [3.05, 3.63) is 89.2 Å². The fourth-order valence-electron chi connectivity index (χ4n) is 4.87. The second-order valence-electron chi connectivity index (χ2n) is 9.79. The van der Waals surface area contributed by atoms with Gasteiger partial charge in [-0.15, -0.1) is 0 Å². The van der Waals surface area contributed by atoms with Crippen LogP contribution in [-0.4, -0.2) is 29.8 Å². The number of benzene rings is 3. The zero-order chi connectivity index (χ0) is 24.1. The van der Waals surface area contributed by atoms with E-state index in [1.807, 2.05) is 0 Å². The maximum Gasteiger partial charge on any atom is 0.335 e. The molecule has 3 aromatic carbocycles. The van der Waals surface area contributed by atoms with Crippen LogP contribution in [0.15, 0.2) is 66.7 Å². The Bertz CT molecular complexity index is 1120. The number of rotatable bonds is 10. The van der Waals surface area contributed by atoms with Crippen molar-refractivity contribution >= 4 is 5.97 Å². The lowest BCUT2D eigenvalue weighted by molar-refractivity contribution is 0.0697. The number of nitrogens with one attached hydrogen (secondary N) is 1. The van der Waals surface area contributed by atoms with Gasteiger partial charge < -0.3 is 15.2 Å². The van der Waals surface area contributed by atoms with E-state index in [1.54, 1.807) is 36.4 Å². The van der Waals surface area contributed by atoms with Gasteiger partial charge in [-0.1, -0.05) is 42.5 Å². The van der Waals surface area contributed by atoms with Gasteiger partial charge >= 0.3 is 5.97 Å². The lowest BCUT2D eigenvalue weighted by Crippen LogP contribution is -2.42. The SMILES string of the molecule is CC(C)(CC1Cc2ccccc2C1)NCCCOc1cc(-c2ccc(C(=O)O)cc2)ccc1F. The number of aromatic carboxylic acids is 1. The maximum absolute atomic E-state index is 14.3. The summed E-state index contributed by atoms with van der Waals surface area (Å²) in [7, 11) is 0. The summed E-state index contributed by atoms with van der Waals surface area (Å²) in [6.45, 7) is 5.70. The van der Waals surface area contributed by atoms with Crippen LogP contribution in [0.2, 0.25) is 0 Å². The van der Waals surface area contributed by atoms with E-state index in [2.05, 4.69) is 43.4 Å². The average Bonchev–Trinajstić information content (AvgIpc) is 3.21. The lowest BCUT2D eigenvalue weighted by atomic mass is 9.88. The third-order valence-electron chi connectivity index (χ3n) is 6.51. The van der Waals surface area contributed by atoms with Crippen LogP contribution in [0, 0.1) is 11.7 Å². The quantitative estimate of drug-likeness (QED) is 0.357. The topological polar surface area (TPSA) is 58.6 Å². The molecule has 4 rings (SSSR count). The summed E-state index contributed by atoms with van der Waals surface area (Å²) in [5, 5.41) is 12.7. The van der Waals surface area contributed by atoms with Crippen molar-refractivity contribution in [3.63, 3.8) is 0 Å². The van der Waals surface area contributed by atoms with Crippen molar-refractivity contribution in [2.75, 3.05) is 13.2 Å². The number of halogens is 1. The molecule has 0 amide bonds. The Balaban J connectivity index is 1.24. The van der Waals surface area contributed by atoms with Gasteiger partial charge in [0.15, 0.2) is 11.6 Å². The molecule has 0 unspecified atom stereocenters. The van der Waals surface area contributed by atoms with Gasteiger partial charge in [0.25, 0.3) is 0 Å². The van der Waals surface area contributed by atoms with E-state index in [-0.39, 0.29) is 16.9 Å². The zero-order valence-corrected chi connectivity index (χ0v) is 19.8. The molecular weight excluding hydrogens is 429 g/mol. The summed E-state index contributed by atoms with van der Waals surface area (Å²) in [4.78, 5) is 11.0. The van der Waals surface area contributed by atoms with Gasteiger partial charge in [-0.25, -0.2) is 9.18 Å². The molecule has 0 aromatic heterocycles. The molecule has 5 heteroatoms. The van der Waals surface area contributed by atoms with Crippen LogP contribution in [0.25, 0.3) is 11.1 Å². The van der Waals surface area contributed by atoms with Gasteiger partial charge in [0, 0.05) is 5.54 Å². The normalized spacial score (nSPS) is 13.6. The number of carbonyl (C=O) groups is 1. The number of hydrogen-bond acceptors (Lipinski definition) is 3. The van der Waals surface area contributed by atoms with Gasteiger partial charge in [0.05, 0.1) is 12.2 Å². The molecule has 0 fully saturated rings. The van der Waals surface area contributed by atoms with E-state index >= 15 is 0 Å². The Morgan fingerprint density at radius 3 is 2.32 bits per heavy atom. The highest BCUT2D eigenvalue weighted by molar-refractivity contribution is 5.88. The van der Waals surface area contributed by atoms with Crippen molar-refractivity contribution in [2.24, 2.45) is 5.92 Å². The monoisotopic (exact) mass is 461 g/mol. The van der Waals surface area contributed by atoms with Crippen molar-refractivity contribution < 1.29 is 19.0 Å². The second-order valence-corrected chi connectivity index (χ2v) is 9.79. The van der Waals surface area contributed by atoms with E-state index in [4.69, 9.17) is 9.84 Å². The number of fused-ring (bicyclic) bond motifs is 1. The number of carboxylic acids is 1. The Morgan fingerprint density at radius 2 is 1.68 bits per heavy atom. The summed E-state index contributed by atoms with van der Waals surface area (Å²) in [5.74, 6) is -0.500. The minimum Gasteiger partial charge on any atom is -0.490 e. The average molecular weight is 462 g/mol. The fourth-order valence-corrected chi connectivity index (χ4v) is 4.87. The van der Waals surface area contributed by atoms with Crippen LogP contribution in [-0.2, 0) is 12.8 Å². The van der Waals surface area contributed by atoms with Gasteiger partial charge in [-0.3, -0.25) is 0 Å². The molecule has 0 radical (unpaired) electrons. The Kier molecular flexibility index (Phi) is 7.32. The summed E-state index contributed by atoms with van der Waals surface area (Å²) in [6.07, 6.45) is 4.18. The van der Waals surface area contributed by atoms with Gasteiger partial charge in [0.1, 0.15) is 0 Å². The summed E-state index contributed by atoms with van der Waals surface area (Å²) in [6, 6.07) is 20.0. The molecule has 1 aliphatic carbocycles. The molecule has 0 bridgehead atoms. The lowest BCUT2D eigenvalue weighted by Gasteiger charge is -2.29. The summed E-state index contributed by atoms with van der Waals surface area (Å²) in [5.41, 5.74) is 4.81. The molecule has 0 atom stereocenters. The molecule has 2 N–H and O–H groups in total. The van der Waals surface area contributed by atoms with Gasteiger partial charge in [-0.2, -0.15) is 0 Å². The van der Waals surface area contributed by atoms with Crippen LogP contribution in [0.4, 0.5) is 4.39 Å². The smallest absolute Gasteiger partial charge is 0.335 e. The van der Waals surface area contributed by atoms with E-state index < -0.39 is 11.8 Å². The van der Waals surface area contributed by atoms with E-state index in [9.17, 15) is 9.18 Å². The Labute approximate surface area is 200 Å². The first-order chi connectivity index (χ1) is 16.3. The summed E-state index contributed by atoms with van der Waals surface area (Å²) < 4.78 is 20.0. The Hall–Kier alpha value is -3.18. The van der Waals surface area contributed by atoms with Crippen molar-refractivity contribution in [1.29, 1.82) is 0 Å². The number of hydrogen-bond donors (Lipinski definition) is 2. The predicted octanol–water partition coefficient (Wildman–Crippen LogP) is 6.13. The molecule has 34 heavy (non-hydrogen) atoms. The van der Waals surface area contributed by atoms with Crippen LogP contribution >= 0.6 is 0 Å². The Morgan fingerprint density at radius 1 is 1.03 bits per heavy atom. The zero-order valence-electron chi connectivity index (χ0n) is 19.8. The highest BCUT2D eigenvalue weighted by Crippen LogP contribution is 2.32. The van der Waals surface area contributed by atoms with E-state index in [0.717, 1.165) is 43.4 Å². The molecule has 0 spiro atoms. The molecule has 0 saturated carbocycles. The minimum atomic E-state index is -0.972. The van der Waals surface area contributed by atoms with E-state index in [0.29, 0.717) is 12.5 Å². The first-order valence-corrected chi connectivity index (χ1v) is 11.9. The predicted molar refractivity (Wildman–Crippen MR) is 133 cm³/mol. The molecule has 0 saturated heterocycles.